The first-order chi connectivity index (χ1) is 10.4. The second-order valence-corrected chi connectivity index (χ2v) is 7.69. The molecule has 0 fully saturated rings. The molecule has 2 rings (SSSR count). The van der Waals surface area contributed by atoms with E-state index in [1.165, 1.54) is 4.68 Å². The molecular weight excluding hydrogens is 298 g/mol. The normalized spacial score (nSPS) is 12.3. The molecule has 2 aromatic heterocycles. The molecule has 0 aliphatic carbocycles. The van der Waals surface area contributed by atoms with Crippen molar-refractivity contribution in [2.24, 2.45) is 7.05 Å². The first kappa shape index (κ1) is 19.3. The van der Waals surface area contributed by atoms with Crippen molar-refractivity contribution in [3.05, 3.63) is 35.9 Å². The maximum atomic E-state index is 12.0. The number of halogens is 2. The van der Waals surface area contributed by atoms with Crippen molar-refractivity contribution in [2.45, 2.75) is 65.3 Å². The molecule has 0 saturated heterocycles. The fraction of sp³-hybridized carbons (Fsp3) is 0.647. The molecule has 0 aromatic carbocycles. The van der Waals surface area contributed by atoms with Crippen molar-refractivity contribution < 1.29 is 8.78 Å². The number of nitrogens with zero attached hydrogens (tertiary/aromatic N) is 4. The Kier molecular flexibility index (Phi) is 6.08. The van der Waals surface area contributed by atoms with Crippen molar-refractivity contribution in [3.8, 4) is 0 Å². The Hall–Kier alpha value is -1.72. The summed E-state index contributed by atoms with van der Waals surface area (Å²) in [6.07, 6.45) is 1.22. The highest BCUT2D eigenvalue weighted by molar-refractivity contribution is 5.10. The van der Waals surface area contributed by atoms with Gasteiger partial charge in [-0.05, 0) is 12.1 Å². The summed E-state index contributed by atoms with van der Waals surface area (Å²) >= 11 is 0. The average molecular weight is 326 g/mol. The smallest absolute Gasteiger partial charge is 0.257 e. The van der Waals surface area contributed by atoms with Gasteiger partial charge >= 0.3 is 0 Å². The van der Waals surface area contributed by atoms with E-state index in [0.29, 0.717) is 0 Å². The van der Waals surface area contributed by atoms with Crippen molar-refractivity contribution in [3.63, 3.8) is 0 Å². The lowest BCUT2D eigenvalue weighted by atomic mass is 9.93. The topological polar surface area (TPSA) is 35.6 Å². The minimum atomic E-state index is -2.34. The highest BCUT2D eigenvalue weighted by atomic mass is 19.3. The van der Waals surface area contributed by atoms with Crippen molar-refractivity contribution in [2.75, 3.05) is 0 Å². The molecule has 0 N–H and O–H groups in total. The molecule has 23 heavy (non-hydrogen) atoms. The zero-order valence-electron chi connectivity index (χ0n) is 15.1. The number of aromatic nitrogens is 4. The van der Waals surface area contributed by atoms with Gasteiger partial charge in [0.1, 0.15) is 6.54 Å². The number of alkyl halides is 2. The molecule has 6 heteroatoms. The second-order valence-electron chi connectivity index (χ2n) is 7.69. The number of hydrogen-bond donors (Lipinski definition) is 0. The van der Waals surface area contributed by atoms with E-state index in [4.69, 9.17) is 0 Å². The highest BCUT2D eigenvalue weighted by Crippen LogP contribution is 2.20. The third-order valence-electron chi connectivity index (χ3n) is 3.22. The lowest BCUT2D eigenvalue weighted by Gasteiger charge is -2.14. The van der Waals surface area contributed by atoms with Crippen LogP contribution in [-0.2, 0) is 24.4 Å². The van der Waals surface area contributed by atoms with Crippen LogP contribution in [0.3, 0.4) is 0 Å². The van der Waals surface area contributed by atoms with Crippen molar-refractivity contribution in [1.82, 2.24) is 19.6 Å². The molecule has 0 saturated carbocycles. The molecule has 0 aliphatic heterocycles. The molecule has 0 aliphatic rings. The van der Waals surface area contributed by atoms with Crippen LogP contribution in [0, 0.1) is 0 Å². The molecule has 0 bridgehead atoms. The van der Waals surface area contributed by atoms with Gasteiger partial charge in [0, 0.05) is 30.3 Å². The monoisotopic (exact) mass is 326 g/mol. The Labute approximate surface area is 137 Å². The Bertz CT molecular complexity index is 601. The van der Waals surface area contributed by atoms with Crippen molar-refractivity contribution >= 4 is 0 Å². The van der Waals surface area contributed by atoms with Crippen molar-refractivity contribution in [1.29, 1.82) is 0 Å². The maximum absolute atomic E-state index is 12.0. The van der Waals surface area contributed by atoms with E-state index in [9.17, 15) is 8.78 Å². The molecule has 2 heterocycles. The van der Waals surface area contributed by atoms with Crippen LogP contribution in [0.4, 0.5) is 8.78 Å². The second kappa shape index (κ2) is 7.23. The van der Waals surface area contributed by atoms with Crippen LogP contribution in [0.25, 0.3) is 0 Å². The van der Waals surface area contributed by atoms with Gasteiger partial charge in [0.25, 0.3) is 6.43 Å². The van der Waals surface area contributed by atoms with Gasteiger partial charge < -0.3 is 0 Å². The molecule has 0 atom stereocenters. The van der Waals surface area contributed by atoms with Gasteiger partial charge in [-0.15, -0.1) is 0 Å². The molecule has 0 spiro atoms. The third-order valence-corrected chi connectivity index (χ3v) is 3.22. The van der Waals surface area contributed by atoms with E-state index in [1.807, 2.05) is 38.7 Å². The van der Waals surface area contributed by atoms with Gasteiger partial charge in [-0.25, -0.2) is 8.78 Å². The Morgan fingerprint density at radius 1 is 0.913 bits per heavy atom. The van der Waals surface area contributed by atoms with Gasteiger partial charge in [-0.2, -0.15) is 10.2 Å². The summed E-state index contributed by atoms with van der Waals surface area (Å²) in [5.41, 5.74) is 2.09. The fourth-order valence-electron chi connectivity index (χ4n) is 1.82. The van der Waals surface area contributed by atoms with Gasteiger partial charge in [0.2, 0.25) is 0 Å². The quantitative estimate of drug-likeness (QED) is 0.830. The van der Waals surface area contributed by atoms with Crippen LogP contribution in [0.2, 0.25) is 0 Å². The summed E-state index contributed by atoms with van der Waals surface area (Å²) in [6.45, 7) is 12.2. The average Bonchev–Trinajstić information content (AvgIpc) is 2.96. The zero-order valence-corrected chi connectivity index (χ0v) is 15.1. The molecule has 4 nitrogen and oxygen atoms in total. The molecule has 0 unspecified atom stereocenters. The molecule has 130 valence electrons. The zero-order chi connectivity index (χ0) is 17.8. The van der Waals surface area contributed by atoms with E-state index >= 15 is 0 Å². The third kappa shape index (κ3) is 6.50. The SMILES string of the molecule is CC(C)(C)c1ccn(CC(F)F)n1.Cn1ccc(C(C)(C)C)n1. The van der Waals surface area contributed by atoms with Crippen LogP contribution in [0.1, 0.15) is 52.9 Å². The lowest BCUT2D eigenvalue weighted by Crippen LogP contribution is -2.14. The highest BCUT2D eigenvalue weighted by Gasteiger charge is 2.17. The summed E-state index contributed by atoms with van der Waals surface area (Å²) in [5, 5.41) is 8.36. The number of aryl methyl sites for hydroxylation is 1. The Morgan fingerprint density at radius 2 is 1.39 bits per heavy atom. The van der Waals surface area contributed by atoms with Gasteiger partial charge in [0.15, 0.2) is 0 Å². The van der Waals surface area contributed by atoms with Crippen LogP contribution in [-0.4, -0.2) is 26.0 Å². The molecular formula is C17H28F2N4. The summed E-state index contributed by atoms with van der Waals surface area (Å²) < 4.78 is 27.0. The van der Waals surface area contributed by atoms with Crippen LogP contribution < -0.4 is 0 Å². The predicted octanol–water partition coefficient (Wildman–Crippen LogP) is 4.16. The van der Waals surface area contributed by atoms with E-state index in [-0.39, 0.29) is 17.4 Å². The summed E-state index contributed by atoms with van der Waals surface area (Å²) in [5.74, 6) is 0. The molecule has 2 aromatic rings. The van der Waals surface area contributed by atoms with E-state index in [0.717, 1.165) is 11.4 Å². The minimum absolute atomic E-state index is 0.0760. The summed E-state index contributed by atoms with van der Waals surface area (Å²) in [7, 11) is 1.94. The predicted molar refractivity (Wildman–Crippen MR) is 88.8 cm³/mol. The van der Waals surface area contributed by atoms with Crippen LogP contribution in [0.5, 0.6) is 0 Å². The molecule has 0 radical (unpaired) electrons. The standard InChI is InChI=1S/C9H14F2N2.C8H14N2/c1-9(2,3)7-4-5-13(12-7)6-8(10)11;1-8(2,3)7-5-6-10(4)9-7/h4-5,8H,6H2,1-3H3;5-6H,1-4H3. The maximum Gasteiger partial charge on any atom is 0.257 e. The lowest BCUT2D eigenvalue weighted by molar-refractivity contribution is 0.121. The van der Waals surface area contributed by atoms with Gasteiger partial charge in [0.05, 0.1) is 11.4 Å². The Morgan fingerprint density at radius 3 is 1.70 bits per heavy atom. The summed E-state index contributed by atoms with van der Waals surface area (Å²) in [6, 6.07) is 3.84. The first-order valence-electron chi connectivity index (χ1n) is 7.72. The van der Waals surface area contributed by atoms with E-state index in [2.05, 4.69) is 37.0 Å². The largest absolute Gasteiger partial charge is 0.276 e. The fourth-order valence-corrected chi connectivity index (χ4v) is 1.82. The first-order valence-corrected chi connectivity index (χ1v) is 7.72. The van der Waals surface area contributed by atoms with Crippen LogP contribution >= 0.6 is 0 Å². The molecule has 0 amide bonds. The number of hydrogen-bond acceptors (Lipinski definition) is 2. The minimum Gasteiger partial charge on any atom is -0.276 e. The van der Waals surface area contributed by atoms with Gasteiger partial charge in [-0.1, -0.05) is 41.5 Å². The van der Waals surface area contributed by atoms with E-state index in [1.54, 1.807) is 12.3 Å². The van der Waals surface area contributed by atoms with E-state index < -0.39 is 6.43 Å². The number of rotatable bonds is 2. The van der Waals surface area contributed by atoms with Crippen LogP contribution in [0.15, 0.2) is 24.5 Å². The summed E-state index contributed by atoms with van der Waals surface area (Å²) in [4.78, 5) is 0. The van der Waals surface area contributed by atoms with Gasteiger partial charge in [-0.3, -0.25) is 9.36 Å². The Balaban J connectivity index is 0.000000238.